The first kappa shape index (κ1) is 11.4. The molecule has 1 aromatic rings. The highest BCUT2D eigenvalue weighted by Crippen LogP contribution is 2.31. The Kier molecular flexibility index (Phi) is 3.09. The molecule has 0 unspecified atom stereocenters. The fourth-order valence-electron chi connectivity index (χ4n) is 1.76. The molecule has 0 radical (unpaired) electrons. The number of ketones is 1. The quantitative estimate of drug-likeness (QED) is 0.833. The fraction of sp³-hybridized carbons (Fsp3) is 0.667. The zero-order valence-corrected chi connectivity index (χ0v) is 10.4. The Morgan fingerprint density at radius 3 is 2.50 bits per heavy atom. The number of aromatic nitrogens is 3. The van der Waals surface area contributed by atoms with Crippen molar-refractivity contribution >= 4 is 21.7 Å². The fourth-order valence-corrected chi connectivity index (χ4v) is 2.62. The van der Waals surface area contributed by atoms with Gasteiger partial charge in [0.2, 0.25) is 0 Å². The van der Waals surface area contributed by atoms with Crippen LogP contribution in [-0.4, -0.2) is 20.8 Å². The van der Waals surface area contributed by atoms with E-state index in [4.69, 9.17) is 0 Å². The summed E-state index contributed by atoms with van der Waals surface area (Å²) in [6, 6.07) is 0. The molecule has 78 valence electrons. The van der Waals surface area contributed by atoms with Gasteiger partial charge in [-0.15, -0.1) is 5.10 Å². The second kappa shape index (κ2) is 3.81. The van der Waals surface area contributed by atoms with Crippen molar-refractivity contribution in [2.24, 2.45) is 7.05 Å². The van der Waals surface area contributed by atoms with Crippen LogP contribution in [-0.2, 0) is 17.3 Å². The van der Waals surface area contributed by atoms with E-state index in [0.29, 0.717) is 11.0 Å². The maximum Gasteiger partial charge on any atom is 0.152 e. The average molecular weight is 260 g/mol. The van der Waals surface area contributed by atoms with Crippen molar-refractivity contribution in [3.05, 3.63) is 10.3 Å². The Morgan fingerprint density at radius 2 is 2.14 bits per heavy atom. The van der Waals surface area contributed by atoms with Crippen molar-refractivity contribution in [3.63, 3.8) is 0 Å². The van der Waals surface area contributed by atoms with Crippen LogP contribution in [0, 0.1) is 0 Å². The van der Waals surface area contributed by atoms with Crippen LogP contribution in [0.25, 0.3) is 0 Å². The van der Waals surface area contributed by atoms with Gasteiger partial charge in [0.15, 0.2) is 4.60 Å². The average Bonchev–Trinajstić information content (AvgIpc) is 2.27. The van der Waals surface area contributed by atoms with Crippen LogP contribution in [0.3, 0.4) is 0 Å². The van der Waals surface area contributed by atoms with E-state index in [9.17, 15) is 4.79 Å². The summed E-state index contributed by atoms with van der Waals surface area (Å²) in [4.78, 5) is 11.1. The zero-order chi connectivity index (χ0) is 10.9. The zero-order valence-electron chi connectivity index (χ0n) is 8.83. The maximum absolute atomic E-state index is 11.1. The number of nitrogens with zero attached hydrogens (tertiary/aromatic N) is 3. The highest BCUT2D eigenvalue weighted by Gasteiger charge is 2.29. The lowest BCUT2D eigenvalue weighted by Crippen LogP contribution is -2.24. The van der Waals surface area contributed by atoms with Crippen LogP contribution in [0.5, 0.6) is 0 Å². The number of halogens is 1. The molecular weight excluding hydrogens is 246 g/mol. The summed E-state index contributed by atoms with van der Waals surface area (Å²) in [5.74, 6) is 0.170. The van der Waals surface area contributed by atoms with Gasteiger partial charge in [0.25, 0.3) is 0 Å². The largest absolute Gasteiger partial charge is 0.300 e. The molecule has 5 heteroatoms. The van der Waals surface area contributed by atoms with Crippen LogP contribution < -0.4 is 0 Å². The van der Waals surface area contributed by atoms with E-state index < -0.39 is 0 Å². The Hall–Kier alpha value is -0.710. The molecule has 0 saturated carbocycles. The van der Waals surface area contributed by atoms with E-state index in [0.717, 1.165) is 5.69 Å². The van der Waals surface area contributed by atoms with E-state index >= 15 is 0 Å². The summed E-state index contributed by atoms with van der Waals surface area (Å²) in [7, 11) is 1.83. The van der Waals surface area contributed by atoms with Crippen molar-refractivity contribution < 1.29 is 4.79 Å². The predicted molar refractivity (Wildman–Crippen MR) is 57.0 cm³/mol. The molecule has 0 amide bonds. The monoisotopic (exact) mass is 259 g/mol. The standard InChI is InChI=1S/C9H14BrN3O/c1-6(14)5-9(2,3)7-8(10)11-12-13(7)4/h5H2,1-4H3. The second-order valence-corrected chi connectivity index (χ2v) is 4.87. The third-order valence-corrected chi connectivity index (χ3v) is 2.65. The molecule has 0 atom stereocenters. The van der Waals surface area contributed by atoms with Crippen LogP contribution in [0.2, 0.25) is 0 Å². The minimum absolute atomic E-state index is 0.170. The Bertz CT molecular complexity index is 337. The Balaban J connectivity index is 3.08. The number of carbonyl (C=O) groups excluding carboxylic acids is 1. The lowest BCUT2D eigenvalue weighted by molar-refractivity contribution is -0.118. The maximum atomic E-state index is 11.1. The van der Waals surface area contributed by atoms with Crippen molar-refractivity contribution in [1.29, 1.82) is 0 Å². The molecule has 4 nitrogen and oxygen atoms in total. The molecule has 0 spiro atoms. The SMILES string of the molecule is CC(=O)CC(C)(C)c1c(Br)nnn1C. The first-order valence-electron chi connectivity index (χ1n) is 4.39. The van der Waals surface area contributed by atoms with Crippen molar-refractivity contribution in [2.75, 3.05) is 0 Å². The molecule has 14 heavy (non-hydrogen) atoms. The number of rotatable bonds is 3. The predicted octanol–water partition coefficient (Wildman–Crippen LogP) is 1.83. The van der Waals surface area contributed by atoms with E-state index in [1.807, 2.05) is 20.9 Å². The van der Waals surface area contributed by atoms with E-state index in [1.54, 1.807) is 11.6 Å². The number of Topliss-reactive ketones (excluding diaryl/α,β-unsaturated/α-hetero) is 1. The lowest BCUT2D eigenvalue weighted by atomic mass is 9.84. The molecule has 0 aliphatic heterocycles. The summed E-state index contributed by atoms with van der Waals surface area (Å²) in [5, 5.41) is 7.81. The minimum Gasteiger partial charge on any atom is -0.300 e. The highest BCUT2D eigenvalue weighted by atomic mass is 79.9. The Labute approximate surface area is 91.8 Å². The molecule has 0 bridgehead atoms. The third-order valence-electron chi connectivity index (χ3n) is 2.12. The molecule has 0 aromatic carbocycles. The number of hydrogen-bond donors (Lipinski definition) is 0. The summed E-state index contributed by atoms with van der Waals surface area (Å²) in [6.45, 7) is 5.62. The summed E-state index contributed by atoms with van der Waals surface area (Å²) < 4.78 is 2.42. The molecule has 1 rings (SSSR count). The normalized spacial score (nSPS) is 11.8. The van der Waals surface area contributed by atoms with Crippen molar-refractivity contribution in [2.45, 2.75) is 32.6 Å². The van der Waals surface area contributed by atoms with Gasteiger partial charge in [-0.1, -0.05) is 19.1 Å². The van der Waals surface area contributed by atoms with Crippen molar-refractivity contribution in [3.8, 4) is 0 Å². The van der Waals surface area contributed by atoms with Gasteiger partial charge in [-0.25, -0.2) is 0 Å². The summed E-state index contributed by atoms with van der Waals surface area (Å²) in [5.41, 5.74) is 0.718. The lowest BCUT2D eigenvalue weighted by Gasteiger charge is -2.23. The highest BCUT2D eigenvalue weighted by molar-refractivity contribution is 9.10. The van der Waals surface area contributed by atoms with E-state index in [1.165, 1.54) is 0 Å². The smallest absolute Gasteiger partial charge is 0.152 e. The number of carbonyl (C=O) groups is 1. The molecule has 0 aliphatic rings. The van der Waals surface area contributed by atoms with Gasteiger partial charge < -0.3 is 0 Å². The molecular formula is C9H14BrN3O. The topological polar surface area (TPSA) is 47.8 Å². The van der Waals surface area contributed by atoms with Gasteiger partial charge in [0, 0.05) is 18.9 Å². The summed E-state index contributed by atoms with van der Waals surface area (Å²) in [6.07, 6.45) is 0.493. The van der Waals surface area contributed by atoms with Crippen LogP contribution >= 0.6 is 15.9 Å². The molecule has 1 heterocycles. The second-order valence-electron chi connectivity index (χ2n) is 4.12. The van der Waals surface area contributed by atoms with Gasteiger partial charge in [0.05, 0.1) is 5.69 Å². The van der Waals surface area contributed by atoms with Crippen molar-refractivity contribution in [1.82, 2.24) is 15.0 Å². The van der Waals surface area contributed by atoms with Crippen LogP contribution in [0.1, 0.15) is 32.9 Å². The number of hydrogen-bond acceptors (Lipinski definition) is 3. The molecule has 0 saturated heterocycles. The molecule has 0 N–H and O–H groups in total. The first-order valence-corrected chi connectivity index (χ1v) is 5.19. The molecule has 0 aliphatic carbocycles. The third kappa shape index (κ3) is 2.20. The van der Waals surface area contributed by atoms with Gasteiger partial charge in [-0.2, -0.15) is 0 Å². The van der Waals surface area contributed by atoms with Crippen LogP contribution in [0.4, 0.5) is 0 Å². The minimum atomic E-state index is -0.233. The Morgan fingerprint density at radius 1 is 1.57 bits per heavy atom. The van der Waals surface area contributed by atoms with Gasteiger partial charge in [0.1, 0.15) is 5.78 Å². The molecule has 0 fully saturated rings. The van der Waals surface area contributed by atoms with Gasteiger partial charge in [-0.3, -0.25) is 9.48 Å². The van der Waals surface area contributed by atoms with E-state index in [-0.39, 0.29) is 11.2 Å². The van der Waals surface area contributed by atoms with Gasteiger partial charge in [-0.05, 0) is 22.9 Å². The summed E-state index contributed by atoms with van der Waals surface area (Å²) >= 11 is 3.34. The van der Waals surface area contributed by atoms with E-state index in [2.05, 4.69) is 26.2 Å². The van der Waals surface area contributed by atoms with Crippen LogP contribution in [0.15, 0.2) is 4.60 Å². The molecule has 1 aromatic heterocycles. The first-order chi connectivity index (χ1) is 6.34. The number of aryl methyl sites for hydroxylation is 1. The van der Waals surface area contributed by atoms with Gasteiger partial charge >= 0.3 is 0 Å².